The molecule has 0 aromatic carbocycles. The summed E-state index contributed by atoms with van der Waals surface area (Å²) in [4.78, 5) is 23.9. The van der Waals surface area contributed by atoms with Crippen molar-refractivity contribution in [1.29, 1.82) is 0 Å². The first kappa shape index (κ1) is 15.1. The van der Waals surface area contributed by atoms with E-state index in [1.165, 1.54) is 25.7 Å². The van der Waals surface area contributed by atoms with Gasteiger partial charge in [-0.3, -0.25) is 4.79 Å². The van der Waals surface area contributed by atoms with Gasteiger partial charge in [0.15, 0.2) is 0 Å². The molecule has 6 nitrogen and oxygen atoms in total. The largest absolute Gasteiger partial charge is 0.481 e. The lowest BCUT2D eigenvalue weighted by Crippen LogP contribution is -2.46. The molecule has 0 aromatic rings. The van der Waals surface area contributed by atoms with E-state index in [-0.39, 0.29) is 25.1 Å². The number of nitrogens with zero attached hydrogens (tertiary/aromatic N) is 1. The maximum absolute atomic E-state index is 11.8. The van der Waals surface area contributed by atoms with Gasteiger partial charge < -0.3 is 20.1 Å². The number of carbonyl (C=O) groups excluding carboxylic acids is 1. The van der Waals surface area contributed by atoms with Crippen LogP contribution in [-0.4, -0.2) is 53.8 Å². The third-order valence-electron chi connectivity index (χ3n) is 4.03. The zero-order chi connectivity index (χ0) is 14.4. The van der Waals surface area contributed by atoms with Gasteiger partial charge in [0.1, 0.15) is 0 Å². The van der Waals surface area contributed by atoms with Crippen LogP contribution >= 0.6 is 0 Å². The van der Waals surface area contributed by atoms with E-state index in [0.29, 0.717) is 19.2 Å². The van der Waals surface area contributed by atoms with Gasteiger partial charge in [-0.2, -0.15) is 0 Å². The molecule has 1 heterocycles. The summed E-state index contributed by atoms with van der Waals surface area (Å²) in [5, 5.41) is 11.2. The van der Waals surface area contributed by atoms with Crippen molar-refractivity contribution < 1.29 is 19.4 Å². The van der Waals surface area contributed by atoms with Gasteiger partial charge in [-0.05, 0) is 25.7 Å². The number of carboxylic acids is 1. The number of amides is 2. The Morgan fingerprint density at radius 2 is 1.70 bits per heavy atom. The summed E-state index contributed by atoms with van der Waals surface area (Å²) in [7, 11) is 0. The van der Waals surface area contributed by atoms with Gasteiger partial charge in [-0.1, -0.05) is 12.8 Å². The zero-order valence-electron chi connectivity index (χ0n) is 11.8. The minimum Gasteiger partial charge on any atom is -0.481 e. The molecule has 2 rings (SSSR count). The molecule has 1 saturated carbocycles. The van der Waals surface area contributed by atoms with Gasteiger partial charge in [0.25, 0.3) is 0 Å². The molecule has 2 aliphatic rings. The quantitative estimate of drug-likeness (QED) is 0.803. The fourth-order valence-electron chi connectivity index (χ4n) is 2.88. The summed E-state index contributed by atoms with van der Waals surface area (Å²) in [6, 6.07) is -0.162. The van der Waals surface area contributed by atoms with Gasteiger partial charge in [-0.25, -0.2) is 4.79 Å². The fraction of sp³-hybridized carbons (Fsp3) is 0.857. The van der Waals surface area contributed by atoms with E-state index in [0.717, 1.165) is 12.8 Å². The van der Waals surface area contributed by atoms with Gasteiger partial charge in [0.05, 0.1) is 18.6 Å². The fourth-order valence-corrected chi connectivity index (χ4v) is 2.88. The number of urea groups is 1. The molecule has 6 heteroatoms. The van der Waals surface area contributed by atoms with Crippen molar-refractivity contribution in [3.8, 4) is 0 Å². The van der Waals surface area contributed by atoms with E-state index in [9.17, 15) is 9.59 Å². The van der Waals surface area contributed by atoms with Crippen molar-refractivity contribution >= 4 is 12.0 Å². The highest BCUT2D eigenvalue weighted by Crippen LogP contribution is 2.25. The lowest BCUT2D eigenvalue weighted by molar-refractivity contribution is -0.136. The Balaban J connectivity index is 1.62. The molecule has 1 aliphatic heterocycles. The molecule has 2 fully saturated rings. The molecule has 0 unspecified atom stereocenters. The third-order valence-corrected chi connectivity index (χ3v) is 4.03. The van der Waals surface area contributed by atoms with E-state index >= 15 is 0 Å². The van der Waals surface area contributed by atoms with Crippen LogP contribution in [-0.2, 0) is 9.53 Å². The standard InChI is InChI=1S/C14H24N2O4/c17-13(18)5-8-15-14(19)16-9-6-12(7-10-16)20-11-3-1-2-4-11/h11-12H,1-10H2,(H,15,19)(H,17,18). The van der Waals surface area contributed by atoms with E-state index in [4.69, 9.17) is 9.84 Å². The van der Waals surface area contributed by atoms with Gasteiger partial charge in [0.2, 0.25) is 0 Å². The summed E-state index contributed by atoms with van der Waals surface area (Å²) < 4.78 is 6.06. The number of carboxylic acid groups (broad SMARTS) is 1. The molecule has 0 spiro atoms. The second-order valence-corrected chi connectivity index (χ2v) is 5.60. The minimum absolute atomic E-state index is 0.0347. The number of piperidine rings is 1. The Labute approximate surface area is 119 Å². The summed E-state index contributed by atoms with van der Waals surface area (Å²) in [6.45, 7) is 1.57. The predicted molar refractivity (Wildman–Crippen MR) is 73.6 cm³/mol. The predicted octanol–water partition coefficient (Wildman–Crippen LogP) is 1.59. The normalized spacial score (nSPS) is 21.1. The van der Waals surface area contributed by atoms with E-state index in [1.807, 2.05) is 0 Å². The smallest absolute Gasteiger partial charge is 0.317 e. The molecular formula is C14H24N2O4. The van der Waals surface area contributed by atoms with E-state index < -0.39 is 5.97 Å². The molecule has 2 N–H and O–H groups in total. The Bertz CT molecular complexity index is 334. The lowest BCUT2D eigenvalue weighted by atomic mass is 10.1. The summed E-state index contributed by atoms with van der Waals surface area (Å²) in [5.74, 6) is -0.894. The minimum atomic E-state index is -0.894. The molecule has 2 amide bonds. The number of hydrogen-bond acceptors (Lipinski definition) is 3. The lowest BCUT2D eigenvalue weighted by Gasteiger charge is -2.33. The number of nitrogens with one attached hydrogen (secondary N) is 1. The first-order valence-electron chi connectivity index (χ1n) is 7.55. The molecule has 20 heavy (non-hydrogen) atoms. The topological polar surface area (TPSA) is 78.9 Å². The number of likely N-dealkylation sites (tertiary alicyclic amines) is 1. The number of hydrogen-bond donors (Lipinski definition) is 2. The highest BCUT2D eigenvalue weighted by molar-refractivity contribution is 5.75. The molecule has 1 saturated heterocycles. The second kappa shape index (κ2) is 7.47. The van der Waals surface area contributed by atoms with Crippen LogP contribution in [0.1, 0.15) is 44.9 Å². The van der Waals surface area contributed by atoms with Crippen LogP contribution in [0.4, 0.5) is 4.79 Å². The molecule has 1 aliphatic carbocycles. The first-order valence-corrected chi connectivity index (χ1v) is 7.55. The highest BCUT2D eigenvalue weighted by Gasteiger charge is 2.26. The monoisotopic (exact) mass is 284 g/mol. The second-order valence-electron chi connectivity index (χ2n) is 5.60. The van der Waals surface area contributed by atoms with Crippen molar-refractivity contribution in [2.75, 3.05) is 19.6 Å². The number of ether oxygens (including phenoxy) is 1. The summed E-state index contributed by atoms with van der Waals surface area (Å²) in [5.41, 5.74) is 0. The molecule has 0 bridgehead atoms. The van der Waals surface area contributed by atoms with Crippen molar-refractivity contribution in [2.24, 2.45) is 0 Å². The Morgan fingerprint density at radius 3 is 2.30 bits per heavy atom. The van der Waals surface area contributed by atoms with Gasteiger partial charge in [0, 0.05) is 19.6 Å². The average molecular weight is 284 g/mol. The highest BCUT2D eigenvalue weighted by atomic mass is 16.5. The van der Waals surface area contributed by atoms with Crippen molar-refractivity contribution in [3.63, 3.8) is 0 Å². The van der Waals surface area contributed by atoms with Crippen LogP contribution < -0.4 is 5.32 Å². The Kier molecular flexibility index (Phi) is 5.64. The van der Waals surface area contributed by atoms with Crippen LogP contribution in [0, 0.1) is 0 Å². The average Bonchev–Trinajstić information content (AvgIpc) is 2.92. The summed E-state index contributed by atoms with van der Waals surface area (Å²) >= 11 is 0. The van der Waals surface area contributed by atoms with Crippen molar-refractivity contribution in [2.45, 2.75) is 57.2 Å². The SMILES string of the molecule is O=C(O)CCNC(=O)N1CCC(OC2CCCC2)CC1. The van der Waals surface area contributed by atoms with Crippen LogP contribution in [0.2, 0.25) is 0 Å². The number of carbonyl (C=O) groups is 2. The van der Waals surface area contributed by atoms with Gasteiger partial charge >= 0.3 is 12.0 Å². The number of rotatable bonds is 5. The van der Waals surface area contributed by atoms with E-state index in [1.54, 1.807) is 4.90 Å². The molecule has 0 radical (unpaired) electrons. The van der Waals surface area contributed by atoms with Crippen LogP contribution in [0.15, 0.2) is 0 Å². The molecular weight excluding hydrogens is 260 g/mol. The van der Waals surface area contributed by atoms with Gasteiger partial charge in [-0.15, -0.1) is 0 Å². The van der Waals surface area contributed by atoms with Crippen molar-refractivity contribution in [3.05, 3.63) is 0 Å². The molecule has 114 valence electrons. The molecule has 0 atom stereocenters. The molecule has 0 aromatic heterocycles. The van der Waals surface area contributed by atoms with Crippen LogP contribution in [0.25, 0.3) is 0 Å². The van der Waals surface area contributed by atoms with Crippen molar-refractivity contribution in [1.82, 2.24) is 10.2 Å². The summed E-state index contributed by atoms with van der Waals surface area (Å²) in [6.07, 6.45) is 7.33. The Hall–Kier alpha value is -1.30. The zero-order valence-corrected chi connectivity index (χ0v) is 11.8. The first-order chi connectivity index (χ1) is 9.65. The van der Waals surface area contributed by atoms with Crippen LogP contribution in [0.5, 0.6) is 0 Å². The van der Waals surface area contributed by atoms with Crippen LogP contribution in [0.3, 0.4) is 0 Å². The number of aliphatic carboxylic acids is 1. The third kappa shape index (κ3) is 4.67. The van der Waals surface area contributed by atoms with E-state index in [2.05, 4.69) is 5.32 Å². The maximum atomic E-state index is 11.8. The maximum Gasteiger partial charge on any atom is 0.317 e. The Morgan fingerprint density at radius 1 is 1.10 bits per heavy atom.